The first-order chi connectivity index (χ1) is 16.6. The van der Waals surface area contributed by atoms with Crippen LogP contribution in [0.25, 0.3) is 10.8 Å². The number of carboxylic acids is 1. The van der Waals surface area contributed by atoms with E-state index in [2.05, 4.69) is 4.98 Å². The van der Waals surface area contributed by atoms with Crippen molar-refractivity contribution in [2.24, 2.45) is 0 Å². The van der Waals surface area contributed by atoms with Crippen LogP contribution in [0, 0.1) is 0 Å². The lowest BCUT2D eigenvalue weighted by Gasteiger charge is -2.46. The lowest BCUT2D eigenvalue weighted by atomic mass is 9.94. The summed E-state index contributed by atoms with van der Waals surface area (Å²) in [6.07, 6.45) is 3.28. The Balaban J connectivity index is 1.47. The van der Waals surface area contributed by atoms with Crippen molar-refractivity contribution in [3.8, 4) is 0 Å². The summed E-state index contributed by atoms with van der Waals surface area (Å²) in [5, 5.41) is 14.0. The summed E-state index contributed by atoms with van der Waals surface area (Å²) in [7, 11) is 0. The smallest absolute Gasteiger partial charge is 0.256 e. The molecule has 1 aliphatic heterocycles. The second-order valence-corrected chi connectivity index (χ2v) is 8.46. The fourth-order valence-corrected chi connectivity index (χ4v) is 4.80. The number of amides is 1. The first-order valence-electron chi connectivity index (χ1n) is 11.3. The van der Waals surface area contributed by atoms with E-state index in [1.165, 1.54) is 0 Å². The molecule has 0 saturated carbocycles. The summed E-state index contributed by atoms with van der Waals surface area (Å²) in [5.74, 6) is -1.41. The Kier molecular flexibility index (Phi) is 6.06. The van der Waals surface area contributed by atoms with Crippen LogP contribution in [0.2, 0.25) is 0 Å². The van der Waals surface area contributed by atoms with Gasteiger partial charge in [-0.25, -0.2) is 0 Å². The Hall–Kier alpha value is -4.03. The first-order valence-corrected chi connectivity index (χ1v) is 11.3. The average molecular weight is 451 g/mol. The molecule has 1 aliphatic rings. The van der Waals surface area contributed by atoms with Gasteiger partial charge in [0.1, 0.15) is 0 Å². The number of hydrogen-bond donors (Lipinski definition) is 0. The Morgan fingerprint density at radius 2 is 1.44 bits per heavy atom. The van der Waals surface area contributed by atoms with Crippen LogP contribution in [0.1, 0.15) is 27.5 Å². The molecule has 1 unspecified atom stereocenters. The number of carbonyl (C=O) groups is 2. The van der Waals surface area contributed by atoms with E-state index in [0.29, 0.717) is 18.7 Å². The molecule has 1 aromatic heterocycles. The van der Waals surface area contributed by atoms with Crippen LogP contribution in [0.4, 0.5) is 0 Å². The van der Waals surface area contributed by atoms with Gasteiger partial charge in [-0.15, -0.1) is 0 Å². The van der Waals surface area contributed by atoms with Gasteiger partial charge in [-0.05, 0) is 16.5 Å². The number of piperazine rings is 1. The van der Waals surface area contributed by atoms with E-state index < -0.39 is 12.0 Å². The van der Waals surface area contributed by atoms with E-state index in [1.54, 1.807) is 17.3 Å². The van der Waals surface area contributed by atoms with Crippen molar-refractivity contribution in [1.29, 1.82) is 0 Å². The van der Waals surface area contributed by atoms with Gasteiger partial charge in [-0.1, -0.05) is 84.9 Å². The van der Waals surface area contributed by atoms with E-state index in [-0.39, 0.29) is 18.5 Å². The van der Waals surface area contributed by atoms with Crippen LogP contribution >= 0.6 is 0 Å². The van der Waals surface area contributed by atoms with Gasteiger partial charge in [0, 0.05) is 37.4 Å². The maximum atomic E-state index is 13.5. The first kappa shape index (κ1) is 21.8. The standard InChI is InChI=1S/C28H25N3O3/c32-27(24-18-29-17-22-13-7-8-14-23(22)24)30-15-16-31(25(19-30)28(33)34)26(20-9-3-1-4-10-20)21-11-5-2-6-12-21/h1-14,17-18,25-26H,15-16,19H2,(H,33,34)/p-1. The second kappa shape index (κ2) is 9.45. The van der Waals surface area contributed by atoms with Crippen molar-refractivity contribution >= 4 is 22.6 Å². The molecule has 0 N–H and O–H groups in total. The Labute approximate surface area is 198 Å². The van der Waals surface area contributed by atoms with Gasteiger partial charge in [0.05, 0.1) is 23.6 Å². The maximum Gasteiger partial charge on any atom is 0.256 e. The van der Waals surface area contributed by atoms with E-state index in [1.807, 2.05) is 89.8 Å². The zero-order valence-electron chi connectivity index (χ0n) is 18.6. The lowest BCUT2D eigenvalue weighted by molar-refractivity contribution is -0.313. The van der Waals surface area contributed by atoms with Crippen molar-refractivity contribution < 1.29 is 14.7 Å². The van der Waals surface area contributed by atoms with E-state index in [4.69, 9.17) is 0 Å². The van der Waals surface area contributed by atoms with Crippen LogP contribution in [0.5, 0.6) is 0 Å². The molecule has 1 amide bonds. The summed E-state index contributed by atoms with van der Waals surface area (Å²) in [5.41, 5.74) is 2.47. The molecule has 4 aromatic rings. The molecule has 2 heterocycles. The average Bonchev–Trinajstić information content (AvgIpc) is 2.89. The van der Waals surface area contributed by atoms with Gasteiger partial charge in [0.2, 0.25) is 0 Å². The number of nitrogens with zero attached hydrogens (tertiary/aromatic N) is 3. The minimum atomic E-state index is -1.19. The van der Waals surface area contributed by atoms with Crippen molar-refractivity contribution in [3.63, 3.8) is 0 Å². The lowest BCUT2D eigenvalue weighted by Crippen LogP contribution is -2.61. The summed E-state index contributed by atoms with van der Waals surface area (Å²) >= 11 is 0. The summed E-state index contributed by atoms with van der Waals surface area (Å²) < 4.78 is 0. The molecular weight excluding hydrogens is 426 g/mol. The predicted molar refractivity (Wildman–Crippen MR) is 128 cm³/mol. The van der Waals surface area contributed by atoms with Crippen LogP contribution in [0.15, 0.2) is 97.3 Å². The normalized spacial score (nSPS) is 16.6. The van der Waals surface area contributed by atoms with E-state index >= 15 is 0 Å². The second-order valence-electron chi connectivity index (χ2n) is 8.46. The molecule has 170 valence electrons. The van der Waals surface area contributed by atoms with Crippen LogP contribution < -0.4 is 5.11 Å². The quantitative estimate of drug-likeness (QED) is 0.467. The molecular formula is C28H24N3O3-. The molecule has 6 heteroatoms. The van der Waals surface area contributed by atoms with Crippen LogP contribution in [0.3, 0.4) is 0 Å². The highest BCUT2D eigenvalue weighted by atomic mass is 16.4. The number of hydrogen-bond acceptors (Lipinski definition) is 5. The van der Waals surface area contributed by atoms with Gasteiger partial charge in [0.25, 0.3) is 5.91 Å². The maximum absolute atomic E-state index is 13.5. The fourth-order valence-electron chi connectivity index (χ4n) is 4.80. The molecule has 0 bridgehead atoms. The molecule has 5 rings (SSSR count). The predicted octanol–water partition coefficient (Wildman–Crippen LogP) is 2.90. The monoisotopic (exact) mass is 450 g/mol. The number of rotatable bonds is 5. The highest BCUT2D eigenvalue weighted by Crippen LogP contribution is 2.32. The topological polar surface area (TPSA) is 76.6 Å². The Morgan fingerprint density at radius 3 is 2.09 bits per heavy atom. The number of benzene rings is 3. The highest BCUT2D eigenvalue weighted by molar-refractivity contribution is 6.06. The van der Waals surface area contributed by atoms with Gasteiger partial charge in [-0.2, -0.15) is 0 Å². The molecule has 0 spiro atoms. The molecule has 3 aromatic carbocycles. The van der Waals surface area contributed by atoms with Crippen molar-refractivity contribution in [3.05, 3.63) is 114 Å². The van der Waals surface area contributed by atoms with Gasteiger partial charge in [-0.3, -0.25) is 14.7 Å². The van der Waals surface area contributed by atoms with Crippen molar-refractivity contribution in [2.45, 2.75) is 12.1 Å². The third-order valence-electron chi connectivity index (χ3n) is 6.44. The number of aliphatic carboxylic acids is 1. The molecule has 1 fully saturated rings. The van der Waals surface area contributed by atoms with E-state index in [0.717, 1.165) is 21.9 Å². The fraction of sp³-hybridized carbons (Fsp3) is 0.179. The Morgan fingerprint density at radius 1 is 0.824 bits per heavy atom. The number of carboxylic acid groups (broad SMARTS) is 1. The number of carbonyl (C=O) groups excluding carboxylic acids is 2. The van der Waals surface area contributed by atoms with Crippen LogP contribution in [-0.4, -0.2) is 52.3 Å². The highest BCUT2D eigenvalue weighted by Gasteiger charge is 2.36. The van der Waals surface area contributed by atoms with Gasteiger partial charge in [0.15, 0.2) is 0 Å². The Bertz CT molecular complexity index is 1270. The third-order valence-corrected chi connectivity index (χ3v) is 6.44. The zero-order valence-corrected chi connectivity index (χ0v) is 18.6. The third kappa shape index (κ3) is 4.16. The molecule has 34 heavy (non-hydrogen) atoms. The van der Waals surface area contributed by atoms with Gasteiger partial charge < -0.3 is 14.8 Å². The van der Waals surface area contributed by atoms with Crippen molar-refractivity contribution in [2.75, 3.05) is 19.6 Å². The molecule has 0 aliphatic carbocycles. The molecule has 6 nitrogen and oxygen atoms in total. The molecule has 1 saturated heterocycles. The number of fused-ring (bicyclic) bond motifs is 1. The van der Waals surface area contributed by atoms with E-state index in [9.17, 15) is 14.7 Å². The number of pyridine rings is 1. The minimum Gasteiger partial charge on any atom is -0.548 e. The molecule has 0 radical (unpaired) electrons. The van der Waals surface area contributed by atoms with Gasteiger partial charge >= 0.3 is 0 Å². The van der Waals surface area contributed by atoms with Crippen LogP contribution in [-0.2, 0) is 4.79 Å². The zero-order chi connectivity index (χ0) is 23.5. The summed E-state index contributed by atoms with van der Waals surface area (Å²) in [6.45, 7) is 0.847. The number of aromatic nitrogens is 1. The SMILES string of the molecule is O=C([O-])C1CN(C(=O)c2cncc3ccccc23)CCN1C(c1ccccc1)c1ccccc1. The minimum absolute atomic E-state index is 0.0422. The largest absolute Gasteiger partial charge is 0.548 e. The summed E-state index contributed by atoms with van der Waals surface area (Å²) in [6, 6.07) is 26.1. The van der Waals surface area contributed by atoms with Crippen molar-refractivity contribution in [1.82, 2.24) is 14.8 Å². The molecule has 1 atom stereocenters. The summed E-state index contributed by atoms with van der Waals surface area (Å²) in [4.78, 5) is 33.6.